The van der Waals surface area contributed by atoms with Gasteiger partial charge < -0.3 is 4.74 Å². The van der Waals surface area contributed by atoms with Crippen LogP contribution in [-0.4, -0.2) is 42.4 Å². The zero-order valence-electron chi connectivity index (χ0n) is 12.8. The molecule has 2 aromatic rings. The van der Waals surface area contributed by atoms with E-state index in [0.717, 1.165) is 0 Å². The Hall–Kier alpha value is -1.41. The molecule has 0 atom stereocenters. The number of nitrogens with zero attached hydrogens (tertiary/aromatic N) is 3. The van der Waals surface area contributed by atoms with E-state index in [9.17, 15) is 8.42 Å². The van der Waals surface area contributed by atoms with E-state index >= 15 is 0 Å². The number of halogens is 2. The lowest BCUT2D eigenvalue weighted by molar-refractivity contribution is 0.126. The molecule has 0 bridgehead atoms. The molecule has 2 heterocycles. The van der Waals surface area contributed by atoms with Gasteiger partial charge in [0.15, 0.2) is 5.15 Å². The fraction of sp³-hybridized carbons (Fsp3) is 0.333. The Morgan fingerprint density at radius 2 is 2.04 bits per heavy atom. The maximum Gasteiger partial charge on any atom is 0.243 e. The van der Waals surface area contributed by atoms with Gasteiger partial charge in [-0.05, 0) is 24.6 Å². The predicted molar refractivity (Wildman–Crippen MR) is 91.0 cm³/mol. The van der Waals surface area contributed by atoms with Gasteiger partial charge in [-0.25, -0.2) is 8.42 Å². The predicted octanol–water partition coefficient (Wildman–Crippen LogP) is 2.79. The number of rotatable bonds is 5. The molecule has 0 unspecified atom stereocenters. The largest absolute Gasteiger partial charge is 0.476 e. The molecule has 9 heteroatoms. The Morgan fingerprint density at radius 3 is 2.75 bits per heavy atom. The average molecular weight is 388 g/mol. The van der Waals surface area contributed by atoms with Gasteiger partial charge in [0.05, 0.1) is 23.9 Å². The summed E-state index contributed by atoms with van der Waals surface area (Å²) >= 11 is 11.8. The Kier molecular flexibility index (Phi) is 4.96. The van der Waals surface area contributed by atoms with E-state index in [1.54, 1.807) is 25.1 Å². The van der Waals surface area contributed by atoms with Crippen molar-refractivity contribution < 1.29 is 13.2 Å². The van der Waals surface area contributed by atoms with Gasteiger partial charge in [-0.15, -0.1) is 0 Å². The monoisotopic (exact) mass is 387 g/mol. The second-order valence-electron chi connectivity index (χ2n) is 5.54. The number of sulfonamides is 1. The zero-order chi connectivity index (χ0) is 17.3. The van der Waals surface area contributed by atoms with Crippen LogP contribution in [0.25, 0.3) is 0 Å². The molecule has 24 heavy (non-hydrogen) atoms. The number of aromatic nitrogens is 2. The highest BCUT2D eigenvalue weighted by Crippen LogP contribution is 2.30. The first-order chi connectivity index (χ1) is 11.4. The minimum absolute atomic E-state index is 0.0973. The highest BCUT2D eigenvalue weighted by atomic mass is 35.5. The molecule has 1 fully saturated rings. The van der Waals surface area contributed by atoms with E-state index in [-0.39, 0.29) is 16.0 Å². The highest BCUT2D eigenvalue weighted by molar-refractivity contribution is 7.89. The van der Waals surface area contributed by atoms with Crippen molar-refractivity contribution in [2.24, 2.45) is 5.92 Å². The first kappa shape index (κ1) is 17.4. The van der Waals surface area contributed by atoms with Crippen molar-refractivity contribution >= 4 is 33.2 Å². The maximum absolute atomic E-state index is 12.6. The summed E-state index contributed by atoms with van der Waals surface area (Å²) in [5, 5.41) is 0.692. The summed E-state index contributed by atoms with van der Waals surface area (Å²) in [5.74, 6) is 0.425. The van der Waals surface area contributed by atoms with E-state index in [4.69, 9.17) is 27.9 Å². The van der Waals surface area contributed by atoms with Gasteiger partial charge >= 0.3 is 0 Å². The summed E-state index contributed by atoms with van der Waals surface area (Å²) < 4.78 is 32.2. The topological polar surface area (TPSA) is 72.4 Å². The second-order valence-corrected chi connectivity index (χ2v) is 8.24. The van der Waals surface area contributed by atoms with Crippen LogP contribution in [0.3, 0.4) is 0 Å². The van der Waals surface area contributed by atoms with Crippen molar-refractivity contribution in [3.05, 3.63) is 46.3 Å². The van der Waals surface area contributed by atoms with Crippen LogP contribution >= 0.6 is 23.2 Å². The molecule has 1 aromatic heterocycles. The van der Waals surface area contributed by atoms with Crippen LogP contribution in [0.5, 0.6) is 5.88 Å². The molecule has 1 saturated heterocycles. The summed E-state index contributed by atoms with van der Waals surface area (Å²) in [7, 11) is -3.53. The van der Waals surface area contributed by atoms with Crippen LogP contribution in [0.1, 0.15) is 5.56 Å². The molecular formula is C15H15Cl2N3O3S. The average Bonchev–Trinajstić information content (AvgIpc) is 2.48. The van der Waals surface area contributed by atoms with E-state index in [2.05, 4.69) is 9.97 Å². The van der Waals surface area contributed by atoms with Crippen LogP contribution in [-0.2, 0) is 10.0 Å². The number of ether oxygens (including phenoxy) is 1. The fourth-order valence-electron chi connectivity index (χ4n) is 2.43. The number of benzene rings is 1. The molecule has 1 aromatic carbocycles. The summed E-state index contributed by atoms with van der Waals surface area (Å²) in [5.41, 5.74) is 0.563. The van der Waals surface area contributed by atoms with E-state index in [1.807, 2.05) is 0 Å². The molecule has 128 valence electrons. The Bertz CT molecular complexity index is 855. The number of hydrogen-bond donors (Lipinski definition) is 0. The standard InChI is InChI=1S/C15H15Cl2N3O3S/c1-10-12(16)3-2-4-13(10)24(21,22)20-7-11(8-20)9-23-15-6-18-5-14(17)19-15/h2-6,11H,7-9H2,1H3. The summed E-state index contributed by atoms with van der Waals surface area (Å²) in [6.07, 6.45) is 2.88. The summed E-state index contributed by atoms with van der Waals surface area (Å²) in [6, 6.07) is 4.89. The Morgan fingerprint density at radius 1 is 1.29 bits per heavy atom. The van der Waals surface area contributed by atoms with Crippen LogP contribution < -0.4 is 4.74 Å². The zero-order valence-corrected chi connectivity index (χ0v) is 15.1. The minimum Gasteiger partial charge on any atom is -0.476 e. The molecule has 0 amide bonds. The van der Waals surface area contributed by atoms with E-state index in [0.29, 0.717) is 36.2 Å². The van der Waals surface area contributed by atoms with Crippen molar-refractivity contribution in [3.8, 4) is 5.88 Å². The fourth-order valence-corrected chi connectivity index (χ4v) is 4.64. The third-order valence-electron chi connectivity index (χ3n) is 3.81. The van der Waals surface area contributed by atoms with Crippen molar-refractivity contribution in [1.29, 1.82) is 0 Å². The van der Waals surface area contributed by atoms with Gasteiger partial charge in [0, 0.05) is 24.0 Å². The van der Waals surface area contributed by atoms with Crippen LogP contribution in [0.15, 0.2) is 35.5 Å². The van der Waals surface area contributed by atoms with E-state index < -0.39 is 10.0 Å². The van der Waals surface area contributed by atoms with Crippen molar-refractivity contribution in [3.63, 3.8) is 0 Å². The molecular weight excluding hydrogens is 373 g/mol. The lowest BCUT2D eigenvalue weighted by atomic mass is 10.1. The van der Waals surface area contributed by atoms with Gasteiger partial charge in [-0.1, -0.05) is 29.3 Å². The molecule has 0 spiro atoms. The maximum atomic E-state index is 12.6. The van der Waals surface area contributed by atoms with Crippen molar-refractivity contribution in [1.82, 2.24) is 14.3 Å². The summed E-state index contributed by atoms with van der Waals surface area (Å²) in [4.78, 5) is 8.10. The van der Waals surface area contributed by atoms with Crippen molar-refractivity contribution in [2.45, 2.75) is 11.8 Å². The van der Waals surface area contributed by atoms with Crippen LogP contribution in [0.4, 0.5) is 0 Å². The lowest BCUT2D eigenvalue weighted by Crippen LogP contribution is -2.52. The van der Waals surface area contributed by atoms with E-state index in [1.165, 1.54) is 16.7 Å². The third kappa shape index (κ3) is 3.49. The minimum atomic E-state index is -3.53. The van der Waals surface area contributed by atoms with Gasteiger partial charge in [-0.2, -0.15) is 9.29 Å². The molecule has 0 saturated carbocycles. The Labute approximate surface area is 150 Å². The number of hydrogen-bond acceptors (Lipinski definition) is 5. The summed E-state index contributed by atoms with van der Waals surface area (Å²) in [6.45, 7) is 2.84. The first-order valence-corrected chi connectivity index (χ1v) is 9.43. The molecule has 0 N–H and O–H groups in total. The lowest BCUT2D eigenvalue weighted by Gasteiger charge is -2.37. The normalized spacial score (nSPS) is 16.0. The third-order valence-corrected chi connectivity index (χ3v) is 6.38. The molecule has 6 nitrogen and oxygen atoms in total. The quantitative estimate of drug-likeness (QED) is 0.788. The smallest absolute Gasteiger partial charge is 0.243 e. The molecule has 1 aliphatic rings. The molecule has 0 radical (unpaired) electrons. The Balaban J connectivity index is 1.60. The molecule has 0 aliphatic carbocycles. The highest BCUT2D eigenvalue weighted by Gasteiger charge is 2.37. The van der Waals surface area contributed by atoms with Crippen LogP contribution in [0, 0.1) is 12.8 Å². The van der Waals surface area contributed by atoms with Gasteiger partial charge in [-0.3, -0.25) is 4.98 Å². The molecule has 3 rings (SSSR count). The SMILES string of the molecule is Cc1c(Cl)cccc1S(=O)(=O)N1CC(COc2cncc(Cl)n2)C1. The van der Waals surface area contributed by atoms with Gasteiger partial charge in [0.25, 0.3) is 0 Å². The van der Waals surface area contributed by atoms with Crippen molar-refractivity contribution in [2.75, 3.05) is 19.7 Å². The van der Waals surface area contributed by atoms with Gasteiger partial charge in [0.2, 0.25) is 15.9 Å². The first-order valence-electron chi connectivity index (χ1n) is 7.23. The second kappa shape index (κ2) is 6.84. The molecule has 1 aliphatic heterocycles. The van der Waals surface area contributed by atoms with Gasteiger partial charge in [0.1, 0.15) is 0 Å². The van der Waals surface area contributed by atoms with Crippen LogP contribution in [0.2, 0.25) is 10.2 Å².